The molecule has 28 heavy (non-hydrogen) atoms. The molecule has 1 aromatic carbocycles. The minimum Gasteiger partial charge on any atom is -0.489 e. The Morgan fingerprint density at radius 2 is 2.00 bits per heavy atom. The van der Waals surface area contributed by atoms with Gasteiger partial charge in [-0.25, -0.2) is 0 Å². The number of aryl methyl sites for hydroxylation is 2. The number of aromatic nitrogens is 1. The maximum atomic E-state index is 12.4. The Balaban J connectivity index is 1.44. The zero-order chi connectivity index (χ0) is 19.8. The van der Waals surface area contributed by atoms with Crippen LogP contribution in [0.3, 0.4) is 0 Å². The number of likely N-dealkylation sites (tertiary alicyclic amines) is 1. The van der Waals surface area contributed by atoms with E-state index in [-0.39, 0.29) is 5.91 Å². The Morgan fingerprint density at radius 3 is 2.71 bits per heavy atom. The van der Waals surface area contributed by atoms with E-state index in [4.69, 9.17) is 9.26 Å². The van der Waals surface area contributed by atoms with Gasteiger partial charge >= 0.3 is 0 Å². The summed E-state index contributed by atoms with van der Waals surface area (Å²) in [5.74, 6) is 1.37. The van der Waals surface area contributed by atoms with Gasteiger partial charge in [-0.15, -0.1) is 0 Å². The fraction of sp³-hybridized carbons (Fsp3) is 0.545. The van der Waals surface area contributed by atoms with E-state index in [1.165, 1.54) is 38.8 Å². The lowest BCUT2D eigenvalue weighted by atomic mass is 10.2. The molecule has 1 fully saturated rings. The summed E-state index contributed by atoms with van der Waals surface area (Å²) in [7, 11) is 0. The van der Waals surface area contributed by atoms with Crippen LogP contribution in [0.5, 0.6) is 5.75 Å². The molecule has 0 saturated carbocycles. The summed E-state index contributed by atoms with van der Waals surface area (Å²) in [4.78, 5) is 15.0. The smallest absolute Gasteiger partial charge is 0.251 e. The van der Waals surface area contributed by atoms with E-state index >= 15 is 0 Å². The largest absolute Gasteiger partial charge is 0.489 e. The maximum absolute atomic E-state index is 12.4. The minimum absolute atomic E-state index is 0.0568. The van der Waals surface area contributed by atoms with Gasteiger partial charge in [-0.1, -0.05) is 24.1 Å². The summed E-state index contributed by atoms with van der Waals surface area (Å²) in [6.07, 6.45) is 6.28. The first-order valence-electron chi connectivity index (χ1n) is 10.3. The molecule has 3 rings (SSSR count). The fourth-order valence-electron chi connectivity index (χ4n) is 3.56. The van der Waals surface area contributed by atoms with Gasteiger partial charge < -0.3 is 19.5 Å². The summed E-state index contributed by atoms with van der Waals surface area (Å²) in [6, 6.07) is 7.29. The lowest BCUT2D eigenvalue weighted by Crippen LogP contribution is -2.30. The highest BCUT2D eigenvalue weighted by atomic mass is 16.5. The lowest BCUT2D eigenvalue weighted by molar-refractivity contribution is 0.0951. The van der Waals surface area contributed by atoms with Crippen molar-refractivity contribution < 1.29 is 14.1 Å². The van der Waals surface area contributed by atoms with Gasteiger partial charge in [-0.3, -0.25) is 4.79 Å². The Kier molecular flexibility index (Phi) is 7.48. The number of hydrogen-bond donors (Lipinski definition) is 1. The third-order valence-corrected chi connectivity index (χ3v) is 5.30. The molecule has 2 heterocycles. The van der Waals surface area contributed by atoms with Gasteiger partial charge in [0.25, 0.3) is 5.91 Å². The molecular weight excluding hydrogens is 354 g/mol. The van der Waals surface area contributed by atoms with Crippen LogP contribution in [-0.4, -0.2) is 42.1 Å². The second kappa shape index (κ2) is 10.3. The normalized spacial score (nSPS) is 15.2. The molecule has 1 aliphatic rings. The number of ether oxygens (including phenoxy) is 1. The Labute approximate surface area is 167 Å². The van der Waals surface area contributed by atoms with Gasteiger partial charge in [0.05, 0.1) is 11.3 Å². The number of carbonyl (C=O) groups is 1. The zero-order valence-corrected chi connectivity index (χ0v) is 17.0. The summed E-state index contributed by atoms with van der Waals surface area (Å²) >= 11 is 0. The predicted molar refractivity (Wildman–Crippen MR) is 109 cm³/mol. The van der Waals surface area contributed by atoms with Crippen molar-refractivity contribution in [2.45, 2.75) is 52.6 Å². The Morgan fingerprint density at radius 1 is 1.21 bits per heavy atom. The average molecular weight is 386 g/mol. The minimum atomic E-state index is -0.0568. The van der Waals surface area contributed by atoms with Crippen molar-refractivity contribution in [1.29, 1.82) is 0 Å². The van der Waals surface area contributed by atoms with Gasteiger partial charge in [0, 0.05) is 12.1 Å². The maximum Gasteiger partial charge on any atom is 0.251 e. The molecule has 1 saturated heterocycles. The van der Waals surface area contributed by atoms with Gasteiger partial charge in [-0.05, 0) is 70.9 Å². The molecule has 1 amide bonds. The van der Waals surface area contributed by atoms with Gasteiger partial charge in [0.2, 0.25) is 0 Å². The first-order valence-corrected chi connectivity index (χ1v) is 10.3. The van der Waals surface area contributed by atoms with Crippen LogP contribution in [0.25, 0.3) is 0 Å². The number of carbonyl (C=O) groups excluding carboxylic acids is 1. The summed E-state index contributed by atoms with van der Waals surface area (Å²) in [5, 5.41) is 6.96. The van der Waals surface area contributed by atoms with E-state index in [9.17, 15) is 4.79 Å². The number of amides is 1. The highest BCUT2D eigenvalue weighted by Gasteiger charge is 2.12. The van der Waals surface area contributed by atoms with Crippen LogP contribution in [0.2, 0.25) is 0 Å². The average Bonchev–Trinajstić information content (AvgIpc) is 2.89. The predicted octanol–water partition coefficient (Wildman–Crippen LogP) is 3.87. The van der Waals surface area contributed by atoms with Crippen molar-refractivity contribution >= 4 is 5.91 Å². The zero-order valence-electron chi connectivity index (χ0n) is 17.0. The van der Waals surface area contributed by atoms with Crippen molar-refractivity contribution in [3.05, 3.63) is 46.8 Å². The first-order chi connectivity index (χ1) is 13.6. The molecule has 6 nitrogen and oxygen atoms in total. The Bertz CT molecular complexity index is 745. The van der Waals surface area contributed by atoms with E-state index in [2.05, 4.69) is 15.4 Å². The molecule has 0 bridgehead atoms. The van der Waals surface area contributed by atoms with E-state index in [1.54, 1.807) is 6.07 Å². The molecule has 0 aliphatic carbocycles. The quantitative estimate of drug-likeness (QED) is 0.699. The van der Waals surface area contributed by atoms with Crippen LogP contribution in [0.1, 0.15) is 59.5 Å². The molecule has 0 radical (unpaired) electrons. The molecule has 152 valence electrons. The SMILES string of the molecule is Cc1noc(C)c1COc1cccc(C(=O)NCCCN2CCCCCC2)c1. The van der Waals surface area contributed by atoms with Crippen molar-refractivity contribution in [2.24, 2.45) is 0 Å². The molecule has 2 aromatic rings. The molecule has 0 spiro atoms. The van der Waals surface area contributed by atoms with Crippen LogP contribution in [0.15, 0.2) is 28.8 Å². The fourth-order valence-corrected chi connectivity index (χ4v) is 3.56. The van der Waals surface area contributed by atoms with Crippen LogP contribution < -0.4 is 10.1 Å². The molecule has 1 aromatic heterocycles. The Hall–Kier alpha value is -2.34. The lowest BCUT2D eigenvalue weighted by Gasteiger charge is -2.19. The van der Waals surface area contributed by atoms with Crippen molar-refractivity contribution in [2.75, 3.05) is 26.2 Å². The van der Waals surface area contributed by atoms with Gasteiger partial charge in [0.1, 0.15) is 18.1 Å². The number of rotatable bonds is 8. The molecule has 1 N–H and O–H groups in total. The van der Waals surface area contributed by atoms with Crippen LogP contribution in [0, 0.1) is 13.8 Å². The van der Waals surface area contributed by atoms with E-state index < -0.39 is 0 Å². The van der Waals surface area contributed by atoms with Crippen molar-refractivity contribution in [3.63, 3.8) is 0 Å². The second-order valence-electron chi connectivity index (χ2n) is 7.48. The third-order valence-electron chi connectivity index (χ3n) is 5.30. The topological polar surface area (TPSA) is 67.6 Å². The van der Waals surface area contributed by atoms with Crippen LogP contribution in [-0.2, 0) is 6.61 Å². The highest BCUT2D eigenvalue weighted by molar-refractivity contribution is 5.94. The van der Waals surface area contributed by atoms with E-state index in [0.29, 0.717) is 24.5 Å². The highest BCUT2D eigenvalue weighted by Crippen LogP contribution is 2.18. The van der Waals surface area contributed by atoms with E-state index in [0.717, 1.165) is 30.0 Å². The van der Waals surface area contributed by atoms with Crippen molar-refractivity contribution in [3.8, 4) is 5.75 Å². The summed E-state index contributed by atoms with van der Waals surface area (Å²) in [6.45, 7) is 8.28. The number of nitrogens with zero attached hydrogens (tertiary/aromatic N) is 2. The number of hydrogen-bond acceptors (Lipinski definition) is 5. The third kappa shape index (κ3) is 5.83. The van der Waals surface area contributed by atoms with Crippen molar-refractivity contribution in [1.82, 2.24) is 15.4 Å². The van der Waals surface area contributed by atoms with E-state index in [1.807, 2.05) is 32.0 Å². The van der Waals surface area contributed by atoms with Gasteiger partial charge in [0.15, 0.2) is 0 Å². The molecule has 0 atom stereocenters. The number of nitrogens with one attached hydrogen (secondary N) is 1. The molecule has 1 aliphatic heterocycles. The second-order valence-corrected chi connectivity index (χ2v) is 7.48. The molecule has 0 unspecified atom stereocenters. The number of benzene rings is 1. The monoisotopic (exact) mass is 385 g/mol. The standard InChI is InChI=1S/C22H31N3O3/c1-17-21(18(2)28-24-17)16-27-20-10-7-9-19(15-20)22(26)23-11-8-14-25-12-5-3-4-6-13-25/h7,9-10,15H,3-6,8,11-14,16H2,1-2H3,(H,23,26). The summed E-state index contributed by atoms with van der Waals surface area (Å²) < 4.78 is 11.0. The van der Waals surface area contributed by atoms with Crippen LogP contribution >= 0.6 is 0 Å². The van der Waals surface area contributed by atoms with Gasteiger partial charge in [-0.2, -0.15) is 0 Å². The molecule has 6 heteroatoms. The van der Waals surface area contributed by atoms with Crippen LogP contribution in [0.4, 0.5) is 0 Å². The first kappa shape index (κ1) is 20.4. The summed E-state index contributed by atoms with van der Waals surface area (Å²) in [5.41, 5.74) is 2.39. The molecular formula is C22H31N3O3.